The number of rotatable bonds is 3. The van der Waals surface area contributed by atoms with Crippen molar-refractivity contribution in [2.45, 2.75) is 13.5 Å². The Kier molecular flexibility index (Phi) is 5.57. The summed E-state index contributed by atoms with van der Waals surface area (Å²) in [4.78, 5) is 13.4. The molecule has 0 aliphatic rings. The molecule has 21 heavy (non-hydrogen) atoms. The lowest BCUT2D eigenvalue weighted by Crippen LogP contribution is -2.23. The summed E-state index contributed by atoms with van der Waals surface area (Å²) in [6.07, 6.45) is 0. The first-order chi connectivity index (χ1) is 10.1. The minimum Gasteiger partial charge on any atom is -0.384 e. The lowest BCUT2D eigenvalue weighted by Gasteiger charge is -2.07. The molecule has 0 bridgehead atoms. The van der Waals surface area contributed by atoms with Crippen LogP contribution < -0.4 is 5.32 Å². The van der Waals surface area contributed by atoms with Crippen LogP contribution in [0, 0.1) is 18.8 Å². The Morgan fingerprint density at radius 1 is 1.43 bits per heavy atom. The van der Waals surface area contributed by atoms with Crippen LogP contribution in [0.1, 0.15) is 26.4 Å². The maximum absolute atomic E-state index is 12.3. The summed E-state index contributed by atoms with van der Waals surface area (Å²) in [5.74, 6) is 5.22. The van der Waals surface area contributed by atoms with E-state index in [9.17, 15) is 4.79 Å². The molecule has 2 rings (SSSR count). The smallest absolute Gasteiger partial charge is 0.252 e. The first-order valence-corrected chi connectivity index (χ1v) is 7.99. The molecule has 0 radical (unpaired) electrons. The molecule has 0 fully saturated rings. The average Bonchev–Trinajstić information content (AvgIpc) is 2.89. The molecule has 1 heterocycles. The summed E-state index contributed by atoms with van der Waals surface area (Å²) in [6, 6.07) is 7.48. The number of hydrogen-bond donors (Lipinski definition) is 2. The van der Waals surface area contributed by atoms with E-state index < -0.39 is 0 Å². The number of aryl methyl sites for hydroxylation is 1. The average molecular weight is 364 g/mol. The van der Waals surface area contributed by atoms with Crippen LogP contribution in [0.3, 0.4) is 0 Å². The van der Waals surface area contributed by atoms with Gasteiger partial charge in [0.1, 0.15) is 6.61 Å². The van der Waals surface area contributed by atoms with Gasteiger partial charge in [-0.15, -0.1) is 11.3 Å². The SMILES string of the molecule is Cc1ccc(C#CCO)c(C(=O)NCc2cc(Br)cs2)c1. The summed E-state index contributed by atoms with van der Waals surface area (Å²) in [5, 5.41) is 13.7. The fourth-order valence-corrected chi connectivity index (χ4v) is 3.19. The van der Waals surface area contributed by atoms with E-state index in [2.05, 4.69) is 33.1 Å². The van der Waals surface area contributed by atoms with Crippen molar-refractivity contribution in [2.24, 2.45) is 0 Å². The molecule has 1 aromatic heterocycles. The number of amides is 1. The standard InChI is InChI=1S/C16H14BrNO2S/c1-11-4-5-12(3-2-6-19)15(7-11)16(20)18-9-14-8-13(17)10-21-14/h4-5,7-8,10,19H,6,9H2,1H3,(H,18,20). The Bertz CT molecular complexity index is 713. The normalized spacial score (nSPS) is 9.86. The highest BCUT2D eigenvalue weighted by molar-refractivity contribution is 9.10. The van der Waals surface area contributed by atoms with Gasteiger partial charge in [-0.1, -0.05) is 23.5 Å². The lowest BCUT2D eigenvalue weighted by atomic mass is 10.0. The van der Waals surface area contributed by atoms with Crippen molar-refractivity contribution in [3.8, 4) is 11.8 Å². The highest BCUT2D eigenvalue weighted by atomic mass is 79.9. The monoisotopic (exact) mass is 363 g/mol. The van der Waals surface area contributed by atoms with Gasteiger partial charge in [0.15, 0.2) is 0 Å². The number of thiophene rings is 1. The minimum absolute atomic E-state index is 0.162. The van der Waals surface area contributed by atoms with Gasteiger partial charge in [0, 0.05) is 20.3 Å². The van der Waals surface area contributed by atoms with Crippen molar-refractivity contribution in [2.75, 3.05) is 6.61 Å². The van der Waals surface area contributed by atoms with Crippen LogP contribution >= 0.6 is 27.3 Å². The summed E-state index contributed by atoms with van der Waals surface area (Å²) in [7, 11) is 0. The van der Waals surface area contributed by atoms with Crippen LogP contribution in [0.25, 0.3) is 0 Å². The highest BCUT2D eigenvalue weighted by Gasteiger charge is 2.11. The van der Waals surface area contributed by atoms with Crippen LogP contribution in [0.4, 0.5) is 0 Å². The number of hydrogen-bond acceptors (Lipinski definition) is 3. The van der Waals surface area contributed by atoms with Gasteiger partial charge in [0.05, 0.1) is 12.1 Å². The van der Waals surface area contributed by atoms with E-state index in [4.69, 9.17) is 5.11 Å². The number of aliphatic hydroxyl groups is 1. The van der Waals surface area contributed by atoms with E-state index in [-0.39, 0.29) is 12.5 Å². The zero-order valence-corrected chi connectivity index (χ0v) is 13.8. The summed E-state index contributed by atoms with van der Waals surface area (Å²) >= 11 is 4.97. The number of carbonyl (C=O) groups is 1. The molecule has 2 aromatic rings. The molecule has 1 aromatic carbocycles. The minimum atomic E-state index is -0.224. The molecule has 5 heteroatoms. The second kappa shape index (κ2) is 7.41. The van der Waals surface area contributed by atoms with E-state index in [1.54, 1.807) is 23.5 Å². The van der Waals surface area contributed by atoms with E-state index in [1.807, 2.05) is 24.4 Å². The molecule has 0 unspecified atom stereocenters. The van der Waals surface area contributed by atoms with Gasteiger partial charge in [-0.05, 0) is 41.1 Å². The van der Waals surface area contributed by atoms with Crippen LogP contribution in [-0.4, -0.2) is 17.6 Å². The van der Waals surface area contributed by atoms with Gasteiger partial charge in [-0.3, -0.25) is 4.79 Å². The molecule has 0 aliphatic heterocycles. The Labute approximate surface area is 136 Å². The molecule has 0 aliphatic carbocycles. The number of nitrogens with one attached hydrogen (secondary N) is 1. The first kappa shape index (κ1) is 15.8. The Hall–Kier alpha value is -1.61. The van der Waals surface area contributed by atoms with Gasteiger partial charge >= 0.3 is 0 Å². The summed E-state index contributed by atoms with van der Waals surface area (Å²) in [5.41, 5.74) is 2.15. The van der Waals surface area contributed by atoms with Gasteiger partial charge in [-0.25, -0.2) is 0 Å². The van der Waals surface area contributed by atoms with Gasteiger partial charge in [-0.2, -0.15) is 0 Å². The predicted molar refractivity (Wildman–Crippen MR) is 88.3 cm³/mol. The fraction of sp³-hybridized carbons (Fsp3) is 0.188. The molecular formula is C16H14BrNO2S. The van der Waals surface area contributed by atoms with Crippen molar-refractivity contribution in [3.05, 3.63) is 55.7 Å². The van der Waals surface area contributed by atoms with E-state index in [0.29, 0.717) is 17.7 Å². The van der Waals surface area contributed by atoms with Crippen LogP contribution in [0.5, 0.6) is 0 Å². The van der Waals surface area contributed by atoms with Crippen LogP contribution in [0.2, 0.25) is 0 Å². The molecule has 0 atom stereocenters. The van der Waals surface area contributed by atoms with Crippen molar-refractivity contribution < 1.29 is 9.90 Å². The molecule has 3 nitrogen and oxygen atoms in total. The molecule has 1 amide bonds. The highest BCUT2D eigenvalue weighted by Crippen LogP contribution is 2.19. The Balaban J connectivity index is 2.15. The number of halogens is 1. The van der Waals surface area contributed by atoms with Gasteiger partial charge < -0.3 is 10.4 Å². The molecule has 108 valence electrons. The van der Waals surface area contributed by atoms with Crippen LogP contribution in [-0.2, 0) is 6.54 Å². The quantitative estimate of drug-likeness (QED) is 0.823. The number of benzene rings is 1. The van der Waals surface area contributed by atoms with E-state index in [0.717, 1.165) is 14.9 Å². The topological polar surface area (TPSA) is 49.3 Å². The van der Waals surface area contributed by atoms with Crippen molar-refractivity contribution >= 4 is 33.2 Å². The Morgan fingerprint density at radius 2 is 2.24 bits per heavy atom. The van der Waals surface area contributed by atoms with Gasteiger partial charge in [0.2, 0.25) is 0 Å². The molecule has 2 N–H and O–H groups in total. The van der Waals surface area contributed by atoms with Crippen molar-refractivity contribution in [1.29, 1.82) is 0 Å². The lowest BCUT2D eigenvalue weighted by molar-refractivity contribution is 0.0951. The second-order valence-electron chi connectivity index (χ2n) is 4.42. The zero-order valence-electron chi connectivity index (χ0n) is 11.4. The molecular weight excluding hydrogens is 350 g/mol. The maximum atomic E-state index is 12.3. The van der Waals surface area contributed by atoms with Crippen LogP contribution in [0.15, 0.2) is 34.1 Å². The van der Waals surface area contributed by atoms with E-state index >= 15 is 0 Å². The predicted octanol–water partition coefficient (Wildman–Crippen LogP) is 3.09. The molecule has 0 spiro atoms. The first-order valence-electron chi connectivity index (χ1n) is 6.31. The zero-order chi connectivity index (χ0) is 15.2. The molecule has 0 saturated heterocycles. The number of aliphatic hydroxyl groups excluding tert-OH is 1. The third kappa shape index (κ3) is 4.43. The maximum Gasteiger partial charge on any atom is 0.252 e. The third-order valence-corrected chi connectivity index (χ3v) is 4.46. The van der Waals surface area contributed by atoms with Crippen molar-refractivity contribution in [1.82, 2.24) is 5.32 Å². The molecule has 0 saturated carbocycles. The number of carbonyl (C=O) groups excluding carboxylic acids is 1. The fourth-order valence-electron chi connectivity index (χ4n) is 1.80. The third-order valence-electron chi connectivity index (χ3n) is 2.77. The Morgan fingerprint density at radius 3 is 2.90 bits per heavy atom. The van der Waals surface area contributed by atoms with Gasteiger partial charge in [0.25, 0.3) is 5.91 Å². The second-order valence-corrected chi connectivity index (χ2v) is 6.33. The summed E-state index contributed by atoms with van der Waals surface area (Å²) < 4.78 is 1.02. The largest absolute Gasteiger partial charge is 0.384 e. The van der Waals surface area contributed by atoms with Crippen molar-refractivity contribution in [3.63, 3.8) is 0 Å². The summed E-state index contributed by atoms with van der Waals surface area (Å²) in [6.45, 7) is 2.19. The van der Waals surface area contributed by atoms with E-state index in [1.165, 1.54) is 0 Å².